The van der Waals surface area contributed by atoms with Crippen LogP contribution in [-0.2, 0) is 20.9 Å². The lowest BCUT2D eigenvalue weighted by molar-refractivity contribution is -0.136. The second-order valence-electron chi connectivity index (χ2n) is 9.41. The monoisotopic (exact) mass is 509 g/mol. The molecule has 0 unspecified atom stereocenters. The molecule has 4 rings (SSSR count). The molecule has 1 N–H and O–H groups in total. The molecule has 2 aromatic rings. The fraction of sp³-hybridized carbons (Fsp3) is 0.333. The zero-order valence-electron chi connectivity index (χ0n) is 19.3. The third kappa shape index (κ3) is 4.91. The molecule has 0 bridgehead atoms. The van der Waals surface area contributed by atoms with Gasteiger partial charge in [0.05, 0.1) is 12.7 Å². The molecule has 5 nitrogen and oxygen atoms in total. The molecule has 1 aliphatic carbocycles. The van der Waals surface area contributed by atoms with Gasteiger partial charge in [0.1, 0.15) is 12.4 Å². The predicted molar refractivity (Wildman–Crippen MR) is 131 cm³/mol. The highest BCUT2D eigenvalue weighted by Crippen LogP contribution is 2.46. The molecule has 33 heavy (non-hydrogen) atoms. The molecule has 0 amide bonds. The predicted octanol–water partition coefficient (Wildman–Crippen LogP) is 5.81. The Morgan fingerprint density at radius 1 is 1.09 bits per heavy atom. The summed E-state index contributed by atoms with van der Waals surface area (Å²) in [5.74, 6) is -0.0907. The van der Waals surface area contributed by atoms with E-state index in [4.69, 9.17) is 9.47 Å². The molecular weight excluding hydrogens is 482 g/mol. The van der Waals surface area contributed by atoms with E-state index in [1.54, 1.807) is 0 Å². The van der Waals surface area contributed by atoms with E-state index in [-0.39, 0.29) is 11.2 Å². The summed E-state index contributed by atoms with van der Waals surface area (Å²) in [5.41, 5.74) is 4.59. The number of benzene rings is 2. The number of ether oxygens (including phenoxy) is 2. The van der Waals surface area contributed by atoms with E-state index in [0.29, 0.717) is 24.2 Å². The Morgan fingerprint density at radius 2 is 1.76 bits per heavy atom. The highest BCUT2D eigenvalue weighted by molar-refractivity contribution is 9.10. The maximum atomic E-state index is 13.2. The first-order chi connectivity index (χ1) is 15.7. The topological polar surface area (TPSA) is 64.6 Å². The SMILES string of the molecule is COC(=O)C1=C(C)NC2=C(C(=O)CC(C)(C)C2)[C@H]1c1ccc(OCc2ccc(Br)cc2)cc1. The van der Waals surface area contributed by atoms with Gasteiger partial charge in [0, 0.05) is 33.8 Å². The number of carbonyl (C=O) groups is 2. The maximum absolute atomic E-state index is 13.2. The van der Waals surface area contributed by atoms with Gasteiger partial charge in [-0.3, -0.25) is 4.79 Å². The van der Waals surface area contributed by atoms with E-state index in [2.05, 4.69) is 35.1 Å². The Kier molecular flexibility index (Phi) is 6.48. The van der Waals surface area contributed by atoms with Crippen LogP contribution in [0.4, 0.5) is 0 Å². The minimum Gasteiger partial charge on any atom is -0.489 e. The average Bonchev–Trinajstić information content (AvgIpc) is 2.77. The van der Waals surface area contributed by atoms with Gasteiger partial charge in [-0.2, -0.15) is 0 Å². The Morgan fingerprint density at radius 3 is 2.39 bits per heavy atom. The number of hydrogen-bond acceptors (Lipinski definition) is 5. The molecule has 6 heteroatoms. The van der Waals surface area contributed by atoms with E-state index in [1.807, 2.05) is 55.5 Å². The molecule has 0 saturated heterocycles. The van der Waals surface area contributed by atoms with Crippen molar-refractivity contribution in [2.24, 2.45) is 5.41 Å². The van der Waals surface area contributed by atoms with Crippen molar-refractivity contribution < 1.29 is 19.1 Å². The molecular formula is C27H28BrNO4. The summed E-state index contributed by atoms with van der Waals surface area (Å²) in [5, 5.41) is 3.33. The van der Waals surface area contributed by atoms with Crippen LogP contribution in [-0.4, -0.2) is 18.9 Å². The summed E-state index contributed by atoms with van der Waals surface area (Å²) in [6.45, 7) is 6.51. The van der Waals surface area contributed by atoms with Crippen molar-refractivity contribution in [2.75, 3.05) is 7.11 Å². The van der Waals surface area contributed by atoms with E-state index in [9.17, 15) is 9.59 Å². The number of allylic oxidation sites excluding steroid dienone is 3. The molecule has 2 aromatic carbocycles. The van der Waals surface area contributed by atoms with Crippen LogP contribution in [0.1, 0.15) is 50.7 Å². The Balaban J connectivity index is 1.65. The van der Waals surface area contributed by atoms with Crippen LogP contribution in [0.5, 0.6) is 5.75 Å². The van der Waals surface area contributed by atoms with E-state index in [1.165, 1.54) is 7.11 Å². The molecule has 172 valence electrons. The fourth-order valence-electron chi connectivity index (χ4n) is 4.65. The Labute approximate surface area is 203 Å². The molecule has 2 aliphatic rings. The van der Waals surface area contributed by atoms with Gasteiger partial charge in [0.2, 0.25) is 0 Å². The highest BCUT2D eigenvalue weighted by Gasteiger charge is 2.42. The Bertz CT molecular complexity index is 1140. The van der Waals surface area contributed by atoms with Gasteiger partial charge in [-0.1, -0.05) is 54.0 Å². The molecule has 0 saturated carbocycles. The van der Waals surface area contributed by atoms with Crippen molar-refractivity contribution in [3.05, 3.63) is 86.7 Å². The number of ketones is 1. The highest BCUT2D eigenvalue weighted by atomic mass is 79.9. The Hall–Kier alpha value is -2.86. The summed E-state index contributed by atoms with van der Waals surface area (Å²) in [6.07, 6.45) is 1.21. The number of methoxy groups -OCH3 is 1. The van der Waals surface area contributed by atoms with Gasteiger partial charge in [-0.15, -0.1) is 0 Å². The van der Waals surface area contributed by atoms with Gasteiger partial charge in [-0.25, -0.2) is 4.79 Å². The van der Waals surface area contributed by atoms with Crippen molar-refractivity contribution in [2.45, 2.75) is 46.1 Å². The third-order valence-electron chi connectivity index (χ3n) is 6.18. The average molecular weight is 510 g/mol. The third-order valence-corrected chi connectivity index (χ3v) is 6.71. The first kappa shape index (κ1) is 23.3. The lowest BCUT2D eigenvalue weighted by atomic mass is 9.68. The lowest BCUT2D eigenvalue weighted by Gasteiger charge is -2.39. The first-order valence-corrected chi connectivity index (χ1v) is 11.8. The first-order valence-electron chi connectivity index (χ1n) is 11.0. The van der Waals surface area contributed by atoms with E-state index in [0.717, 1.165) is 39.2 Å². The second kappa shape index (κ2) is 9.18. The number of esters is 1. The standard InChI is InChI=1S/C27H28BrNO4/c1-16-23(26(31)32-4)24(25-21(29-16)13-27(2,3)14-22(25)30)18-7-11-20(12-8-18)33-15-17-5-9-19(28)10-6-17/h5-12,24,29H,13-15H2,1-4H3/t24-/m0/s1. The van der Waals surface area contributed by atoms with Crippen molar-refractivity contribution >= 4 is 27.7 Å². The van der Waals surface area contributed by atoms with Gasteiger partial charge in [0.25, 0.3) is 0 Å². The minimum atomic E-state index is -0.460. The minimum absolute atomic E-state index is 0.0724. The number of halogens is 1. The smallest absolute Gasteiger partial charge is 0.336 e. The van der Waals surface area contributed by atoms with Crippen molar-refractivity contribution in [1.82, 2.24) is 5.32 Å². The normalized spacial score (nSPS) is 19.7. The molecule has 0 radical (unpaired) electrons. The largest absolute Gasteiger partial charge is 0.489 e. The summed E-state index contributed by atoms with van der Waals surface area (Å²) < 4.78 is 12.0. The summed E-state index contributed by atoms with van der Waals surface area (Å²) in [4.78, 5) is 26.0. The lowest BCUT2D eigenvalue weighted by Crippen LogP contribution is -2.38. The van der Waals surface area contributed by atoms with Crippen LogP contribution in [0.2, 0.25) is 0 Å². The van der Waals surface area contributed by atoms with Gasteiger partial charge >= 0.3 is 5.97 Å². The number of carbonyl (C=O) groups excluding carboxylic acids is 2. The molecule has 1 heterocycles. The van der Waals surface area contributed by atoms with Crippen molar-refractivity contribution in [3.63, 3.8) is 0 Å². The van der Waals surface area contributed by atoms with Crippen molar-refractivity contribution in [3.8, 4) is 5.75 Å². The van der Waals surface area contributed by atoms with Crippen LogP contribution in [0.25, 0.3) is 0 Å². The quantitative estimate of drug-likeness (QED) is 0.515. The number of nitrogens with one attached hydrogen (secondary N) is 1. The molecule has 0 spiro atoms. The second-order valence-corrected chi connectivity index (χ2v) is 10.3. The molecule has 0 fully saturated rings. The number of dihydropyridines is 1. The molecule has 1 atom stereocenters. The number of rotatable bonds is 5. The number of Topliss-reactive ketones (excluding diaryl/α,β-unsaturated/α-hetero) is 1. The zero-order valence-corrected chi connectivity index (χ0v) is 20.9. The fourth-order valence-corrected chi connectivity index (χ4v) is 4.92. The van der Waals surface area contributed by atoms with Crippen LogP contribution in [0.3, 0.4) is 0 Å². The van der Waals surface area contributed by atoms with Crippen LogP contribution >= 0.6 is 15.9 Å². The van der Waals surface area contributed by atoms with E-state index < -0.39 is 11.9 Å². The molecule has 1 aliphatic heterocycles. The van der Waals surface area contributed by atoms with Crippen molar-refractivity contribution in [1.29, 1.82) is 0 Å². The van der Waals surface area contributed by atoms with Crippen LogP contribution < -0.4 is 10.1 Å². The van der Waals surface area contributed by atoms with Gasteiger partial charge < -0.3 is 14.8 Å². The van der Waals surface area contributed by atoms with Crippen LogP contribution in [0, 0.1) is 5.41 Å². The van der Waals surface area contributed by atoms with Crippen LogP contribution in [0.15, 0.2) is 75.5 Å². The maximum Gasteiger partial charge on any atom is 0.336 e. The van der Waals surface area contributed by atoms with Gasteiger partial charge in [-0.05, 0) is 54.2 Å². The summed E-state index contributed by atoms with van der Waals surface area (Å²) in [7, 11) is 1.37. The summed E-state index contributed by atoms with van der Waals surface area (Å²) >= 11 is 3.44. The van der Waals surface area contributed by atoms with Gasteiger partial charge in [0.15, 0.2) is 5.78 Å². The van der Waals surface area contributed by atoms with E-state index >= 15 is 0 Å². The molecule has 0 aromatic heterocycles. The number of hydrogen-bond donors (Lipinski definition) is 1. The zero-order chi connectivity index (χ0) is 23.8. The summed E-state index contributed by atoms with van der Waals surface area (Å²) in [6, 6.07) is 15.6.